The number of hydrogen-bond donors (Lipinski definition) is 1. The van der Waals surface area contributed by atoms with Gasteiger partial charge in [0.1, 0.15) is 5.76 Å². The molecule has 4 heterocycles. The van der Waals surface area contributed by atoms with Crippen LogP contribution in [0.5, 0.6) is 46.0 Å². The maximum atomic E-state index is 13.7. The molecule has 1 saturated heterocycles. The lowest BCUT2D eigenvalue weighted by atomic mass is 9.93. The van der Waals surface area contributed by atoms with Crippen LogP contribution >= 0.6 is 0 Å². The zero-order valence-electron chi connectivity index (χ0n) is 21.9. The standard InChI is InChI=1S/C29H23NO11/c1-34-21-9-16(26(35-2)28-27(21)40-13-41-28)23-22(24(31)15-4-6-18-20(8-15)39-12-37-18)25(32)29(33)30(23)10-14-3-5-17-19(7-14)38-11-36-17/h3-9,23,31H,10-13H2,1-2H3. The molecule has 1 atom stereocenters. The molecule has 0 aliphatic carbocycles. The molecule has 7 rings (SSSR count). The van der Waals surface area contributed by atoms with Gasteiger partial charge in [0.2, 0.25) is 31.9 Å². The number of likely N-dealkylation sites (tertiary alicyclic amines) is 1. The Morgan fingerprint density at radius 2 is 1.49 bits per heavy atom. The second kappa shape index (κ2) is 9.44. The molecular weight excluding hydrogens is 538 g/mol. The molecule has 1 fully saturated rings. The Balaban J connectivity index is 1.41. The fourth-order valence-electron chi connectivity index (χ4n) is 5.40. The van der Waals surface area contributed by atoms with Crippen molar-refractivity contribution >= 4 is 17.4 Å². The van der Waals surface area contributed by atoms with Crippen molar-refractivity contribution in [3.05, 3.63) is 64.7 Å². The van der Waals surface area contributed by atoms with Crippen LogP contribution in [0.1, 0.15) is 22.7 Å². The number of hydrogen-bond acceptors (Lipinski definition) is 11. The number of benzene rings is 3. The average molecular weight is 561 g/mol. The zero-order chi connectivity index (χ0) is 28.2. The number of Topliss-reactive ketones (excluding diaryl/α,β-unsaturated/α-hetero) is 1. The van der Waals surface area contributed by atoms with E-state index in [1.54, 1.807) is 42.5 Å². The van der Waals surface area contributed by atoms with Crippen LogP contribution in [0.3, 0.4) is 0 Å². The van der Waals surface area contributed by atoms with Crippen molar-refractivity contribution in [1.82, 2.24) is 4.90 Å². The van der Waals surface area contributed by atoms with Crippen LogP contribution in [0.4, 0.5) is 0 Å². The van der Waals surface area contributed by atoms with Gasteiger partial charge in [-0.1, -0.05) is 6.07 Å². The lowest BCUT2D eigenvalue weighted by Crippen LogP contribution is -2.29. The van der Waals surface area contributed by atoms with Gasteiger partial charge in [0.05, 0.1) is 25.8 Å². The minimum atomic E-state index is -1.09. The van der Waals surface area contributed by atoms with E-state index in [2.05, 4.69) is 0 Å². The van der Waals surface area contributed by atoms with Crippen LogP contribution in [-0.2, 0) is 16.1 Å². The molecule has 0 saturated carbocycles. The normalized spacial score (nSPS) is 19.2. The van der Waals surface area contributed by atoms with Crippen molar-refractivity contribution in [2.24, 2.45) is 0 Å². The summed E-state index contributed by atoms with van der Waals surface area (Å²) in [6.07, 6.45) is 0. The Kier molecular flexibility index (Phi) is 5.70. The van der Waals surface area contributed by atoms with Crippen LogP contribution in [0.15, 0.2) is 48.0 Å². The second-order valence-corrected chi connectivity index (χ2v) is 9.45. The summed E-state index contributed by atoms with van der Waals surface area (Å²) in [6, 6.07) is 10.5. The van der Waals surface area contributed by atoms with Crippen molar-refractivity contribution in [2.75, 3.05) is 34.6 Å². The van der Waals surface area contributed by atoms with Gasteiger partial charge in [-0.25, -0.2) is 0 Å². The summed E-state index contributed by atoms with van der Waals surface area (Å²) in [5.74, 6) is 1.08. The predicted octanol–water partition coefficient (Wildman–Crippen LogP) is 3.51. The average Bonchev–Trinajstić information content (AvgIpc) is 3.79. The van der Waals surface area contributed by atoms with Crippen LogP contribution in [0.2, 0.25) is 0 Å². The maximum Gasteiger partial charge on any atom is 0.295 e. The molecule has 1 N–H and O–H groups in total. The molecule has 12 nitrogen and oxygen atoms in total. The molecule has 0 aromatic heterocycles. The summed E-state index contributed by atoms with van der Waals surface area (Å²) in [6.45, 7) is 0.0600. The number of aliphatic hydroxyl groups excluding tert-OH is 1. The number of ether oxygens (including phenoxy) is 8. The Hall–Kier alpha value is -5.26. The molecule has 0 spiro atoms. The molecule has 4 aliphatic rings. The minimum Gasteiger partial charge on any atom is -0.507 e. The number of ketones is 1. The van der Waals surface area contributed by atoms with Crippen molar-refractivity contribution in [1.29, 1.82) is 0 Å². The zero-order valence-corrected chi connectivity index (χ0v) is 21.9. The summed E-state index contributed by atoms with van der Waals surface area (Å²) >= 11 is 0. The Bertz CT molecular complexity index is 1650. The number of carbonyl (C=O) groups excluding carboxylic acids is 2. The number of methoxy groups -OCH3 is 2. The molecule has 210 valence electrons. The van der Waals surface area contributed by atoms with Crippen LogP contribution in [0.25, 0.3) is 5.76 Å². The van der Waals surface area contributed by atoms with E-state index in [1.165, 1.54) is 19.1 Å². The van der Waals surface area contributed by atoms with Crippen LogP contribution in [-0.4, -0.2) is 56.3 Å². The lowest BCUT2D eigenvalue weighted by Gasteiger charge is -2.27. The summed E-state index contributed by atoms with van der Waals surface area (Å²) in [4.78, 5) is 28.7. The van der Waals surface area contributed by atoms with E-state index in [1.807, 2.05) is 0 Å². The van der Waals surface area contributed by atoms with E-state index < -0.39 is 23.5 Å². The summed E-state index contributed by atoms with van der Waals surface area (Å²) in [5.41, 5.74) is 1.16. The fourth-order valence-corrected chi connectivity index (χ4v) is 5.40. The van der Waals surface area contributed by atoms with Crippen molar-refractivity contribution in [3.8, 4) is 46.0 Å². The molecule has 4 aliphatic heterocycles. The largest absolute Gasteiger partial charge is 0.507 e. The molecular formula is C29H23NO11. The number of aliphatic hydroxyl groups is 1. The minimum absolute atomic E-state index is 0.00368. The van der Waals surface area contributed by atoms with Crippen molar-refractivity contribution in [2.45, 2.75) is 12.6 Å². The highest BCUT2D eigenvalue weighted by atomic mass is 16.7. The number of amides is 1. The lowest BCUT2D eigenvalue weighted by molar-refractivity contribution is -0.140. The van der Waals surface area contributed by atoms with Gasteiger partial charge in [-0.15, -0.1) is 0 Å². The van der Waals surface area contributed by atoms with E-state index in [0.717, 1.165) is 0 Å². The van der Waals surface area contributed by atoms with Gasteiger partial charge >= 0.3 is 0 Å². The first-order chi connectivity index (χ1) is 20.0. The van der Waals surface area contributed by atoms with E-state index in [9.17, 15) is 14.7 Å². The van der Waals surface area contributed by atoms with E-state index in [4.69, 9.17) is 37.9 Å². The topological polar surface area (TPSA) is 131 Å². The molecule has 12 heteroatoms. The molecule has 3 aromatic carbocycles. The van der Waals surface area contributed by atoms with Crippen molar-refractivity contribution in [3.63, 3.8) is 0 Å². The molecule has 1 unspecified atom stereocenters. The van der Waals surface area contributed by atoms with Gasteiger partial charge in [-0.05, 0) is 42.0 Å². The molecule has 0 radical (unpaired) electrons. The summed E-state index contributed by atoms with van der Waals surface area (Å²) < 4.78 is 44.3. The quantitative estimate of drug-likeness (QED) is 0.269. The number of rotatable bonds is 6. The van der Waals surface area contributed by atoms with Crippen LogP contribution in [0, 0.1) is 0 Å². The Morgan fingerprint density at radius 3 is 2.22 bits per heavy atom. The number of nitrogens with zero attached hydrogens (tertiary/aromatic N) is 1. The smallest absolute Gasteiger partial charge is 0.295 e. The monoisotopic (exact) mass is 561 g/mol. The summed E-state index contributed by atoms with van der Waals surface area (Å²) in [7, 11) is 2.90. The van der Waals surface area contributed by atoms with Gasteiger partial charge in [-0.2, -0.15) is 0 Å². The van der Waals surface area contributed by atoms with Gasteiger partial charge in [0.25, 0.3) is 11.7 Å². The first-order valence-electron chi connectivity index (χ1n) is 12.6. The van der Waals surface area contributed by atoms with E-state index in [0.29, 0.717) is 45.6 Å². The third-order valence-corrected chi connectivity index (χ3v) is 7.29. The number of fused-ring (bicyclic) bond motifs is 3. The van der Waals surface area contributed by atoms with E-state index in [-0.39, 0.29) is 49.6 Å². The van der Waals surface area contributed by atoms with Gasteiger partial charge in [-0.3, -0.25) is 9.59 Å². The molecule has 41 heavy (non-hydrogen) atoms. The fraction of sp³-hybridized carbons (Fsp3) is 0.241. The first-order valence-corrected chi connectivity index (χ1v) is 12.6. The SMILES string of the molecule is COc1cc(C2C(=C(O)c3ccc4c(c3)OCO4)C(=O)C(=O)N2Cc2ccc3c(c2)OCO3)c(OC)c2c1OCO2. The van der Waals surface area contributed by atoms with Gasteiger partial charge < -0.3 is 47.9 Å². The predicted molar refractivity (Wildman–Crippen MR) is 139 cm³/mol. The second-order valence-electron chi connectivity index (χ2n) is 9.45. The molecule has 3 aromatic rings. The third-order valence-electron chi connectivity index (χ3n) is 7.29. The Morgan fingerprint density at radius 1 is 0.829 bits per heavy atom. The van der Waals surface area contributed by atoms with Crippen molar-refractivity contribution < 1.29 is 52.6 Å². The highest BCUT2D eigenvalue weighted by Gasteiger charge is 2.48. The van der Waals surface area contributed by atoms with Crippen LogP contribution < -0.4 is 37.9 Å². The Labute approximate surface area is 233 Å². The first kappa shape index (κ1) is 24.8. The molecule has 1 amide bonds. The van der Waals surface area contributed by atoms with E-state index >= 15 is 0 Å². The summed E-state index contributed by atoms with van der Waals surface area (Å²) in [5, 5.41) is 11.6. The number of carbonyl (C=O) groups is 2. The third kappa shape index (κ3) is 3.82. The highest BCUT2D eigenvalue weighted by Crippen LogP contribution is 2.54. The molecule has 0 bridgehead atoms. The van der Waals surface area contributed by atoms with Gasteiger partial charge in [0, 0.05) is 17.7 Å². The maximum absolute atomic E-state index is 13.7. The highest BCUT2D eigenvalue weighted by molar-refractivity contribution is 6.46. The van der Waals surface area contributed by atoms with Gasteiger partial charge in [0.15, 0.2) is 34.5 Å².